The van der Waals surface area contributed by atoms with E-state index in [2.05, 4.69) is 5.32 Å². The number of hydrogen-bond donors (Lipinski definition) is 1. The molecule has 0 radical (unpaired) electrons. The molecule has 0 bridgehead atoms. The van der Waals surface area contributed by atoms with Gasteiger partial charge in [-0.3, -0.25) is 4.79 Å². The van der Waals surface area contributed by atoms with Crippen LogP contribution < -0.4 is 5.32 Å². The zero-order valence-electron chi connectivity index (χ0n) is 17.0. The standard InChI is InChI=1S/C21H25F3N2O3S/c1-4-26(5-2)30(28,29)19-11-9-17(10-12-19)15(3)25-20(27)14-16-7-6-8-18(13-16)21(22,23)24/h6-13,15H,4-5,14H2,1-3H3,(H,25,27)/t15-/m1/s1. The Morgan fingerprint density at radius 3 is 2.20 bits per heavy atom. The van der Waals surface area contributed by atoms with Crippen LogP contribution in [0.1, 0.15) is 43.5 Å². The highest BCUT2D eigenvalue weighted by Gasteiger charge is 2.30. The molecule has 164 valence electrons. The van der Waals surface area contributed by atoms with E-state index in [1.807, 2.05) is 0 Å². The summed E-state index contributed by atoms with van der Waals surface area (Å²) in [6.07, 6.45) is -4.66. The number of halogens is 3. The van der Waals surface area contributed by atoms with Crippen molar-refractivity contribution in [3.8, 4) is 0 Å². The van der Waals surface area contributed by atoms with Crippen molar-refractivity contribution in [2.45, 2.75) is 44.3 Å². The molecule has 0 aliphatic rings. The molecule has 1 atom stereocenters. The summed E-state index contributed by atoms with van der Waals surface area (Å²) in [6, 6.07) is 10.4. The van der Waals surface area contributed by atoms with Gasteiger partial charge in [-0.15, -0.1) is 0 Å². The Bertz CT molecular complexity index is 970. The lowest BCUT2D eigenvalue weighted by atomic mass is 10.1. The van der Waals surface area contributed by atoms with Crippen LogP contribution in [0.4, 0.5) is 13.2 Å². The van der Waals surface area contributed by atoms with Gasteiger partial charge in [-0.25, -0.2) is 8.42 Å². The molecule has 30 heavy (non-hydrogen) atoms. The van der Waals surface area contributed by atoms with Gasteiger partial charge >= 0.3 is 6.18 Å². The average Bonchev–Trinajstić information content (AvgIpc) is 2.68. The number of alkyl halides is 3. The van der Waals surface area contributed by atoms with Crippen molar-refractivity contribution < 1.29 is 26.4 Å². The van der Waals surface area contributed by atoms with E-state index in [1.54, 1.807) is 32.9 Å². The summed E-state index contributed by atoms with van der Waals surface area (Å²) >= 11 is 0. The van der Waals surface area contributed by atoms with Gasteiger partial charge in [0.25, 0.3) is 0 Å². The highest BCUT2D eigenvalue weighted by molar-refractivity contribution is 7.89. The van der Waals surface area contributed by atoms with E-state index in [9.17, 15) is 26.4 Å². The maximum absolute atomic E-state index is 12.8. The van der Waals surface area contributed by atoms with Crippen LogP contribution in [0.25, 0.3) is 0 Å². The van der Waals surface area contributed by atoms with Gasteiger partial charge in [-0.2, -0.15) is 17.5 Å². The number of rotatable bonds is 8. The van der Waals surface area contributed by atoms with Crippen molar-refractivity contribution in [1.82, 2.24) is 9.62 Å². The van der Waals surface area contributed by atoms with E-state index >= 15 is 0 Å². The largest absolute Gasteiger partial charge is 0.416 e. The number of nitrogens with zero attached hydrogens (tertiary/aromatic N) is 1. The summed E-state index contributed by atoms with van der Waals surface area (Å²) in [7, 11) is -3.57. The molecule has 0 aliphatic carbocycles. The topological polar surface area (TPSA) is 66.5 Å². The first-order valence-electron chi connectivity index (χ1n) is 9.54. The van der Waals surface area contributed by atoms with Crippen LogP contribution in [0.3, 0.4) is 0 Å². The Kier molecular flexibility index (Phi) is 7.65. The second-order valence-corrected chi connectivity index (χ2v) is 8.76. The number of carbonyl (C=O) groups excluding carboxylic acids is 1. The number of amides is 1. The Labute approximate surface area is 175 Å². The third kappa shape index (κ3) is 5.82. The Balaban J connectivity index is 2.06. The molecule has 0 heterocycles. The molecule has 1 N–H and O–H groups in total. The Morgan fingerprint density at radius 1 is 1.07 bits per heavy atom. The Hall–Kier alpha value is -2.39. The van der Waals surface area contributed by atoms with Gasteiger partial charge in [-0.1, -0.05) is 44.2 Å². The molecule has 2 aromatic rings. The summed E-state index contributed by atoms with van der Waals surface area (Å²) in [5, 5.41) is 2.73. The molecule has 0 saturated heterocycles. The molecule has 0 spiro atoms. The highest BCUT2D eigenvalue weighted by atomic mass is 32.2. The van der Waals surface area contributed by atoms with Crippen molar-refractivity contribution in [2.75, 3.05) is 13.1 Å². The molecule has 2 rings (SSSR count). The molecule has 0 aliphatic heterocycles. The number of nitrogens with one attached hydrogen (secondary N) is 1. The van der Waals surface area contributed by atoms with Gasteiger partial charge in [0.05, 0.1) is 22.9 Å². The fourth-order valence-corrected chi connectivity index (χ4v) is 4.52. The maximum Gasteiger partial charge on any atom is 0.416 e. The van der Waals surface area contributed by atoms with E-state index in [-0.39, 0.29) is 16.9 Å². The predicted octanol–water partition coefficient (Wildman–Crippen LogP) is 4.16. The van der Waals surface area contributed by atoms with E-state index in [1.165, 1.54) is 28.6 Å². The maximum atomic E-state index is 12.8. The monoisotopic (exact) mass is 442 g/mol. The number of carbonyl (C=O) groups is 1. The Morgan fingerprint density at radius 2 is 1.67 bits per heavy atom. The van der Waals surface area contributed by atoms with Crippen molar-refractivity contribution >= 4 is 15.9 Å². The smallest absolute Gasteiger partial charge is 0.349 e. The van der Waals surface area contributed by atoms with Crippen LogP contribution in [-0.4, -0.2) is 31.7 Å². The van der Waals surface area contributed by atoms with E-state index in [0.29, 0.717) is 18.7 Å². The first-order valence-corrected chi connectivity index (χ1v) is 11.0. The predicted molar refractivity (Wildman–Crippen MR) is 108 cm³/mol. The third-order valence-corrected chi connectivity index (χ3v) is 6.78. The number of sulfonamides is 1. The van der Waals surface area contributed by atoms with Gasteiger partial charge < -0.3 is 5.32 Å². The molecule has 2 aromatic carbocycles. The van der Waals surface area contributed by atoms with Crippen molar-refractivity contribution in [3.05, 3.63) is 65.2 Å². The third-order valence-electron chi connectivity index (χ3n) is 4.72. The van der Waals surface area contributed by atoms with Crippen LogP contribution in [-0.2, 0) is 27.4 Å². The molecule has 0 fully saturated rings. The quantitative estimate of drug-likeness (QED) is 0.668. The second-order valence-electron chi connectivity index (χ2n) is 6.82. The molecule has 9 heteroatoms. The van der Waals surface area contributed by atoms with Crippen molar-refractivity contribution in [2.24, 2.45) is 0 Å². The minimum atomic E-state index is -4.47. The minimum absolute atomic E-state index is 0.164. The van der Waals surface area contributed by atoms with E-state index in [0.717, 1.165) is 12.1 Å². The van der Waals surface area contributed by atoms with Crippen LogP contribution in [0.15, 0.2) is 53.4 Å². The summed E-state index contributed by atoms with van der Waals surface area (Å²) in [5.41, 5.74) is 0.145. The molecule has 0 unspecified atom stereocenters. The van der Waals surface area contributed by atoms with E-state index in [4.69, 9.17) is 0 Å². The lowest BCUT2D eigenvalue weighted by Gasteiger charge is -2.19. The zero-order chi connectivity index (χ0) is 22.5. The number of benzene rings is 2. The molecule has 1 amide bonds. The minimum Gasteiger partial charge on any atom is -0.349 e. The van der Waals surface area contributed by atoms with Crippen molar-refractivity contribution in [3.63, 3.8) is 0 Å². The lowest BCUT2D eigenvalue weighted by Crippen LogP contribution is -2.30. The molecule has 5 nitrogen and oxygen atoms in total. The van der Waals surface area contributed by atoms with Crippen molar-refractivity contribution in [1.29, 1.82) is 0 Å². The lowest BCUT2D eigenvalue weighted by molar-refractivity contribution is -0.137. The SMILES string of the molecule is CCN(CC)S(=O)(=O)c1ccc([C@@H](C)NC(=O)Cc2cccc(C(F)(F)F)c2)cc1. The first-order chi connectivity index (χ1) is 14.0. The number of hydrogen-bond acceptors (Lipinski definition) is 3. The normalized spacial score (nSPS) is 13.3. The summed E-state index contributed by atoms with van der Waals surface area (Å²) in [6.45, 7) is 5.97. The fraction of sp³-hybridized carbons (Fsp3) is 0.381. The van der Waals surface area contributed by atoms with Gasteiger partial charge in [0.1, 0.15) is 0 Å². The van der Waals surface area contributed by atoms with Crippen LogP contribution >= 0.6 is 0 Å². The van der Waals surface area contributed by atoms with Crippen LogP contribution in [0, 0.1) is 0 Å². The zero-order valence-corrected chi connectivity index (χ0v) is 17.8. The molecular weight excluding hydrogens is 417 g/mol. The van der Waals surface area contributed by atoms with Crippen LogP contribution in [0.5, 0.6) is 0 Å². The highest BCUT2D eigenvalue weighted by Crippen LogP contribution is 2.29. The van der Waals surface area contributed by atoms with Crippen LogP contribution in [0.2, 0.25) is 0 Å². The van der Waals surface area contributed by atoms with E-state index < -0.39 is 33.7 Å². The molecule has 0 aromatic heterocycles. The van der Waals surface area contributed by atoms with Gasteiger partial charge in [0.15, 0.2) is 0 Å². The fourth-order valence-electron chi connectivity index (χ4n) is 3.06. The average molecular weight is 443 g/mol. The summed E-state index contributed by atoms with van der Waals surface area (Å²) < 4.78 is 64.8. The van der Waals surface area contributed by atoms with Gasteiger partial charge in [-0.05, 0) is 36.2 Å². The first kappa shape index (κ1) is 23.9. The molecule has 0 saturated carbocycles. The van der Waals surface area contributed by atoms with Gasteiger partial charge in [0.2, 0.25) is 15.9 Å². The summed E-state index contributed by atoms with van der Waals surface area (Å²) in [4.78, 5) is 12.4. The van der Waals surface area contributed by atoms with Gasteiger partial charge in [0, 0.05) is 13.1 Å². The second kappa shape index (κ2) is 9.61. The molecular formula is C21H25F3N2O3S. The summed E-state index contributed by atoms with van der Waals surface area (Å²) in [5.74, 6) is -0.429.